The highest BCUT2D eigenvalue weighted by molar-refractivity contribution is 6.29. The molecule has 1 aliphatic rings. The van der Waals surface area contributed by atoms with Gasteiger partial charge in [-0.15, -0.1) is 0 Å². The van der Waals surface area contributed by atoms with Crippen LogP contribution in [0.15, 0.2) is 212 Å². The van der Waals surface area contributed by atoms with Crippen molar-refractivity contribution < 1.29 is 0 Å². The van der Waals surface area contributed by atoms with Crippen LogP contribution in [0, 0.1) is 0 Å². The first kappa shape index (κ1) is 35.2. The van der Waals surface area contributed by atoms with Crippen LogP contribution < -0.4 is 4.90 Å². The van der Waals surface area contributed by atoms with Crippen molar-refractivity contribution in [2.75, 3.05) is 4.90 Å². The number of pyridine rings is 1. The fraction of sp³-hybridized carbons (Fsp3) is 0.0517. The Labute approximate surface area is 355 Å². The van der Waals surface area contributed by atoms with Gasteiger partial charge in [-0.25, -0.2) is 4.98 Å². The van der Waals surface area contributed by atoms with Crippen LogP contribution in [0.25, 0.3) is 82.7 Å². The smallest absolute Gasteiger partial charge is 0.0788 e. The molecule has 2 heterocycles. The fourth-order valence-corrected chi connectivity index (χ4v) is 10.1. The molecule has 0 saturated carbocycles. The molecule has 1 aliphatic carbocycles. The number of anilines is 3. The molecule has 0 spiro atoms. The fourth-order valence-electron chi connectivity index (χ4n) is 10.1. The lowest BCUT2D eigenvalue weighted by Crippen LogP contribution is -2.16. The third kappa shape index (κ3) is 5.40. The Bertz CT molecular complexity index is 3490. The van der Waals surface area contributed by atoms with Crippen LogP contribution in [-0.4, -0.2) is 9.55 Å². The normalized spacial score (nSPS) is 12.9. The molecule has 0 amide bonds. The van der Waals surface area contributed by atoms with Gasteiger partial charge in [-0.2, -0.15) is 0 Å². The maximum absolute atomic E-state index is 5.42. The Morgan fingerprint density at radius 2 is 1.07 bits per heavy atom. The van der Waals surface area contributed by atoms with E-state index < -0.39 is 0 Å². The second-order valence-corrected chi connectivity index (χ2v) is 16.7. The molecule has 2 aromatic heterocycles. The van der Waals surface area contributed by atoms with Gasteiger partial charge in [0.25, 0.3) is 0 Å². The minimum Gasteiger partial charge on any atom is -0.310 e. The molecular formula is C58H41N3. The van der Waals surface area contributed by atoms with Gasteiger partial charge in [0.05, 0.1) is 27.9 Å². The maximum Gasteiger partial charge on any atom is 0.0788 e. The van der Waals surface area contributed by atoms with Crippen LogP contribution in [0.4, 0.5) is 17.1 Å². The van der Waals surface area contributed by atoms with Gasteiger partial charge in [0.15, 0.2) is 0 Å². The van der Waals surface area contributed by atoms with E-state index in [-0.39, 0.29) is 5.41 Å². The summed E-state index contributed by atoms with van der Waals surface area (Å²) in [5, 5.41) is 6.01. The summed E-state index contributed by atoms with van der Waals surface area (Å²) in [5.74, 6) is 0. The van der Waals surface area contributed by atoms with Crippen molar-refractivity contribution in [3.63, 3.8) is 0 Å². The second kappa shape index (κ2) is 13.7. The molecule has 3 nitrogen and oxygen atoms in total. The molecule has 0 N–H and O–H groups in total. The molecule has 0 radical (unpaired) electrons. The largest absolute Gasteiger partial charge is 0.310 e. The van der Waals surface area contributed by atoms with E-state index in [9.17, 15) is 0 Å². The molecule has 0 fully saturated rings. The van der Waals surface area contributed by atoms with E-state index in [2.05, 4.69) is 236 Å². The first-order valence-electron chi connectivity index (χ1n) is 21.1. The minimum absolute atomic E-state index is 0.127. The van der Waals surface area contributed by atoms with Crippen molar-refractivity contribution in [3.05, 3.63) is 223 Å². The molecule has 3 heteroatoms. The van der Waals surface area contributed by atoms with Gasteiger partial charge in [-0.1, -0.05) is 166 Å². The summed E-state index contributed by atoms with van der Waals surface area (Å²) in [7, 11) is 0. The van der Waals surface area contributed by atoms with E-state index in [4.69, 9.17) is 4.98 Å². The average molecular weight is 780 g/mol. The molecular weight excluding hydrogens is 739 g/mol. The predicted molar refractivity (Wildman–Crippen MR) is 257 cm³/mol. The van der Waals surface area contributed by atoms with E-state index in [1.54, 1.807) is 0 Å². The summed E-state index contributed by atoms with van der Waals surface area (Å²) in [6, 6.07) is 77.1. The summed E-state index contributed by atoms with van der Waals surface area (Å²) >= 11 is 0. The van der Waals surface area contributed by atoms with Crippen LogP contribution in [0.2, 0.25) is 0 Å². The number of fused-ring (bicyclic) bond motifs is 10. The molecule has 0 bridgehead atoms. The van der Waals surface area contributed by atoms with Crippen molar-refractivity contribution in [2.24, 2.45) is 0 Å². The van der Waals surface area contributed by atoms with E-state index in [1.165, 1.54) is 60.6 Å². The number of nitrogens with zero attached hydrogens (tertiary/aromatic N) is 3. The lowest BCUT2D eigenvalue weighted by atomic mass is 9.82. The molecule has 61 heavy (non-hydrogen) atoms. The Kier molecular flexibility index (Phi) is 7.88. The van der Waals surface area contributed by atoms with E-state index in [0.29, 0.717) is 0 Å². The highest BCUT2D eigenvalue weighted by Crippen LogP contribution is 2.51. The molecule has 0 saturated heterocycles. The number of para-hydroxylation sites is 4. The predicted octanol–water partition coefficient (Wildman–Crippen LogP) is 15.6. The third-order valence-electron chi connectivity index (χ3n) is 13.0. The Hall–Kier alpha value is -7.75. The molecule has 11 aromatic rings. The molecule has 0 unspecified atom stereocenters. The van der Waals surface area contributed by atoms with E-state index in [1.807, 2.05) is 0 Å². The SMILES string of the molecule is CC1(C)c2ccccc2-c2ccc(N(c3ccc(-c4nc5ccccc5c5c4ccc4c5c5ccccc5n4-c4ccccc4)cc3)c3ccccc3-c3ccccc3)cc21. The zero-order valence-electron chi connectivity index (χ0n) is 34.0. The maximum atomic E-state index is 5.42. The molecule has 0 aliphatic heterocycles. The first-order chi connectivity index (χ1) is 30.0. The Morgan fingerprint density at radius 3 is 1.89 bits per heavy atom. The van der Waals surface area contributed by atoms with Crippen LogP contribution in [-0.2, 0) is 5.41 Å². The third-order valence-corrected chi connectivity index (χ3v) is 13.0. The number of hydrogen-bond donors (Lipinski definition) is 0. The van der Waals surface area contributed by atoms with Gasteiger partial charge in [0.1, 0.15) is 0 Å². The molecule has 0 atom stereocenters. The Balaban J connectivity index is 1.06. The summed E-state index contributed by atoms with van der Waals surface area (Å²) < 4.78 is 2.40. The zero-order valence-corrected chi connectivity index (χ0v) is 34.0. The highest BCUT2D eigenvalue weighted by Gasteiger charge is 2.36. The molecule has 12 rings (SSSR count). The number of aromatic nitrogens is 2. The lowest BCUT2D eigenvalue weighted by molar-refractivity contribution is 0.660. The number of benzene rings is 9. The van der Waals surface area contributed by atoms with Gasteiger partial charge in [0.2, 0.25) is 0 Å². The van der Waals surface area contributed by atoms with Crippen molar-refractivity contribution >= 4 is 60.5 Å². The van der Waals surface area contributed by atoms with Crippen molar-refractivity contribution in [1.82, 2.24) is 9.55 Å². The standard InChI is InChI=1S/C58H41N3/c1-58(2)49-25-13-9-22-44(49)45-34-33-42(37-50(45)58)60(52-27-15-11-21-43(52)38-17-5-3-6-18-38)41-31-29-39(30-32-41)57-48-35-36-54-56(55(48)46-23-10-14-26-51(46)59-57)47-24-12-16-28-53(47)61(54)40-19-7-4-8-20-40/h3-37H,1-2H3. The van der Waals surface area contributed by atoms with Gasteiger partial charge in [-0.05, 0) is 88.5 Å². The van der Waals surface area contributed by atoms with Gasteiger partial charge >= 0.3 is 0 Å². The summed E-state index contributed by atoms with van der Waals surface area (Å²) in [6.45, 7) is 4.71. The monoisotopic (exact) mass is 779 g/mol. The van der Waals surface area contributed by atoms with Crippen LogP contribution >= 0.6 is 0 Å². The second-order valence-electron chi connectivity index (χ2n) is 16.7. The Morgan fingerprint density at radius 1 is 0.426 bits per heavy atom. The van der Waals surface area contributed by atoms with E-state index >= 15 is 0 Å². The quantitative estimate of drug-likeness (QED) is 0.157. The van der Waals surface area contributed by atoms with Gasteiger partial charge < -0.3 is 9.47 Å². The zero-order chi connectivity index (χ0) is 40.7. The number of rotatable bonds is 6. The van der Waals surface area contributed by atoms with Crippen molar-refractivity contribution in [1.29, 1.82) is 0 Å². The summed E-state index contributed by atoms with van der Waals surface area (Å²) in [4.78, 5) is 7.85. The highest BCUT2D eigenvalue weighted by atomic mass is 15.1. The average Bonchev–Trinajstić information content (AvgIpc) is 3.78. The summed E-state index contributed by atoms with van der Waals surface area (Å²) in [6.07, 6.45) is 0. The minimum atomic E-state index is -0.127. The van der Waals surface area contributed by atoms with Crippen molar-refractivity contribution in [2.45, 2.75) is 19.3 Å². The summed E-state index contributed by atoms with van der Waals surface area (Å²) in [5.41, 5.74) is 17.5. The van der Waals surface area contributed by atoms with Crippen molar-refractivity contribution in [3.8, 4) is 39.2 Å². The van der Waals surface area contributed by atoms with Crippen LogP contribution in [0.1, 0.15) is 25.0 Å². The van der Waals surface area contributed by atoms with Gasteiger partial charge in [0, 0.05) is 60.5 Å². The molecule has 288 valence electrons. The first-order valence-corrected chi connectivity index (χ1v) is 21.1. The lowest BCUT2D eigenvalue weighted by Gasteiger charge is -2.30. The molecule has 9 aromatic carbocycles. The van der Waals surface area contributed by atoms with Crippen LogP contribution in [0.5, 0.6) is 0 Å². The number of hydrogen-bond acceptors (Lipinski definition) is 2. The van der Waals surface area contributed by atoms with Gasteiger partial charge in [-0.3, -0.25) is 0 Å². The van der Waals surface area contributed by atoms with E-state index in [0.717, 1.165) is 50.3 Å². The van der Waals surface area contributed by atoms with Crippen LogP contribution in [0.3, 0.4) is 0 Å². The topological polar surface area (TPSA) is 21.1 Å².